The van der Waals surface area contributed by atoms with Gasteiger partial charge in [-0.15, -0.1) is 0 Å². The van der Waals surface area contributed by atoms with Crippen molar-refractivity contribution in [1.29, 1.82) is 0 Å². The fourth-order valence-electron chi connectivity index (χ4n) is 3.11. The SMILES string of the molecule is Cc1cc(C)nc(NS(=O)(=O)c2ccc(NC(=O)C(C)Cn3nc(C(F)(F)F)cc3C)cc2)n1. The number of aromatic nitrogens is 4. The smallest absolute Gasteiger partial charge is 0.326 e. The van der Waals surface area contributed by atoms with E-state index in [1.807, 2.05) is 0 Å². The van der Waals surface area contributed by atoms with Crippen molar-refractivity contribution >= 4 is 27.6 Å². The number of amides is 1. The van der Waals surface area contributed by atoms with Gasteiger partial charge in [-0.3, -0.25) is 9.48 Å². The zero-order chi connectivity index (χ0) is 25.3. The quantitative estimate of drug-likeness (QED) is 0.515. The van der Waals surface area contributed by atoms with E-state index in [2.05, 4.69) is 25.1 Å². The highest BCUT2D eigenvalue weighted by Crippen LogP contribution is 2.28. The molecule has 2 aromatic heterocycles. The zero-order valence-corrected chi connectivity index (χ0v) is 19.6. The monoisotopic (exact) mass is 496 g/mol. The van der Waals surface area contributed by atoms with Crippen molar-refractivity contribution in [1.82, 2.24) is 19.7 Å². The lowest BCUT2D eigenvalue weighted by Gasteiger charge is -2.14. The van der Waals surface area contributed by atoms with Crippen LogP contribution in [0.5, 0.6) is 0 Å². The summed E-state index contributed by atoms with van der Waals surface area (Å²) in [6.45, 7) is 6.40. The summed E-state index contributed by atoms with van der Waals surface area (Å²) in [5, 5.41) is 6.14. The number of hydrogen-bond donors (Lipinski definition) is 2. The molecule has 1 unspecified atom stereocenters. The van der Waals surface area contributed by atoms with Gasteiger partial charge in [0.25, 0.3) is 10.0 Å². The van der Waals surface area contributed by atoms with Crippen molar-refractivity contribution in [2.24, 2.45) is 5.92 Å². The van der Waals surface area contributed by atoms with E-state index < -0.39 is 33.7 Å². The van der Waals surface area contributed by atoms with Gasteiger partial charge in [-0.2, -0.15) is 18.3 Å². The van der Waals surface area contributed by atoms with E-state index in [-0.39, 0.29) is 23.1 Å². The maximum absolute atomic E-state index is 12.8. The summed E-state index contributed by atoms with van der Waals surface area (Å²) in [7, 11) is -3.95. The van der Waals surface area contributed by atoms with E-state index in [1.165, 1.54) is 31.2 Å². The Balaban J connectivity index is 1.65. The molecule has 0 saturated carbocycles. The van der Waals surface area contributed by atoms with Gasteiger partial charge in [0.05, 0.1) is 17.4 Å². The molecule has 1 atom stereocenters. The molecular formula is C21H23F3N6O3S. The largest absolute Gasteiger partial charge is 0.435 e. The van der Waals surface area contributed by atoms with Gasteiger partial charge in [-0.1, -0.05) is 6.92 Å². The van der Waals surface area contributed by atoms with E-state index >= 15 is 0 Å². The summed E-state index contributed by atoms with van der Waals surface area (Å²) in [5.41, 5.74) is 0.803. The molecule has 0 aliphatic carbocycles. The first-order valence-corrected chi connectivity index (χ1v) is 11.6. The van der Waals surface area contributed by atoms with Crippen LogP contribution in [0.4, 0.5) is 24.8 Å². The van der Waals surface area contributed by atoms with Gasteiger partial charge in [0, 0.05) is 22.8 Å². The molecule has 182 valence electrons. The standard InChI is InChI=1S/C21H23F3N6O3S/c1-12(11-30-15(4)10-18(28-30)21(22,23)24)19(31)27-16-5-7-17(8-6-16)34(32,33)29-20-25-13(2)9-14(3)26-20/h5-10,12H,11H2,1-4H3,(H,27,31)(H,25,26,29). The molecule has 2 heterocycles. The minimum absolute atomic E-state index is 0.0497. The van der Waals surface area contributed by atoms with Gasteiger partial charge in [-0.05, 0) is 57.2 Å². The lowest BCUT2D eigenvalue weighted by molar-refractivity contribution is -0.141. The van der Waals surface area contributed by atoms with E-state index in [1.54, 1.807) is 26.8 Å². The Labute approximate surface area is 194 Å². The minimum atomic E-state index is -4.57. The predicted octanol–water partition coefficient (Wildman–Crippen LogP) is 3.69. The number of nitrogens with one attached hydrogen (secondary N) is 2. The average Bonchev–Trinajstić information content (AvgIpc) is 3.08. The van der Waals surface area contributed by atoms with Crippen LogP contribution < -0.4 is 10.0 Å². The number of halogens is 3. The van der Waals surface area contributed by atoms with Crippen molar-refractivity contribution < 1.29 is 26.4 Å². The highest BCUT2D eigenvalue weighted by atomic mass is 32.2. The summed E-state index contributed by atoms with van der Waals surface area (Å²) < 4.78 is 67.1. The van der Waals surface area contributed by atoms with Crippen LogP contribution in [0.15, 0.2) is 41.3 Å². The van der Waals surface area contributed by atoms with Gasteiger partial charge in [-0.25, -0.2) is 23.1 Å². The van der Waals surface area contributed by atoms with Crippen LogP contribution in [0.1, 0.15) is 29.7 Å². The molecule has 2 N–H and O–H groups in total. The average molecular weight is 497 g/mol. The normalized spacial score (nSPS) is 12.9. The second kappa shape index (κ2) is 9.41. The first-order chi connectivity index (χ1) is 15.7. The fourth-order valence-corrected chi connectivity index (χ4v) is 4.05. The van der Waals surface area contributed by atoms with Crippen LogP contribution in [0.2, 0.25) is 0 Å². The van der Waals surface area contributed by atoms with Gasteiger partial charge in [0.15, 0.2) is 5.69 Å². The number of carbonyl (C=O) groups excluding carboxylic acids is 1. The molecular weight excluding hydrogens is 473 g/mol. The molecule has 34 heavy (non-hydrogen) atoms. The highest BCUT2D eigenvalue weighted by Gasteiger charge is 2.34. The Morgan fingerprint density at radius 1 is 1.06 bits per heavy atom. The van der Waals surface area contributed by atoms with Gasteiger partial charge in [0.1, 0.15) is 0 Å². The predicted molar refractivity (Wildman–Crippen MR) is 119 cm³/mol. The lowest BCUT2D eigenvalue weighted by atomic mass is 10.1. The van der Waals surface area contributed by atoms with Gasteiger partial charge < -0.3 is 5.32 Å². The lowest BCUT2D eigenvalue weighted by Crippen LogP contribution is -2.25. The molecule has 13 heteroatoms. The number of hydrogen-bond acceptors (Lipinski definition) is 6. The number of carbonyl (C=O) groups is 1. The third-order valence-corrected chi connectivity index (χ3v) is 6.15. The molecule has 1 aromatic carbocycles. The topological polar surface area (TPSA) is 119 Å². The summed E-state index contributed by atoms with van der Waals surface area (Å²) >= 11 is 0. The van der Waals surface area contributed by atoms with Crippen LogP contribution in [-0.2, 0) is 27.5 Å². The summed E-state index contributed by atoms with van der Waals surface area (Å²) in [4.78, 5) is 20.5. The first kappa shape index (κ1) is 25.1. The number of sulfonamides is 1. The van der Waals surface area contributed by atoms with Crippen molar-refractivity contribution in [2.75, 3.05) is 10.0 Å². The number of anilines is 2. The number of rotatable bonds is 7. The van der Waals surface area contributed by atoms with Crippen LogP contribution >= 0.6 is 0 Å². The Bertz CT molecular complexity index is 1280. The highest BCUT2D eigenvalue weighted by molar-refractivity contribution is 7.92. The maximum Gasteiger partial charge on any atom is 0.435 e. The third kappa shape index (κ3) is 6.10. The molecule has 9 nitrogen and oxygen atoms in total. The second-order valence-corrected chi connectivity index (χ2v) is 9.53. The van der Waals surface area contributed by atoms with E-state index in [4.69, 9.17) is 0 Å². The fraction of sp³-hybridized carbons (Fsp3) is 0.333. The molecule has 0 aliphatic rings. The van der Waals surface area contributed by atoms with E-state index in [9.17, 15) is 26.4 Å². The van der Waals surface area contributed by atoms with Gasteiger partial charge >= 0.3 is 6.18 Å². The van der Waals surface area contributed by atoms with E-state index in [0.717, 1.165) is 10.7 Å². The molecule has 3 aromatic rings. The first-order valence-electron chi connectivity index (χ1n) is 10.1. The van der Waals surface area contributed by atoms with Crippen LogP contribution in [0, 0.1) is 26.7 Å². The van der Waals surface area contributed by atoms with Crippen LogP contribution in [0.3, 0.4) is 0 Å². The minimum Gasteiger partial charge on any atom is -0.326 e. The Kier molecular flexibility index (Phi) is 6.96. The molecule has 0 fully saturated rings. The molecule has 0 bridgehead atoms. The molecule has 0 spiro atoms. The van der Waals surface area contributed by atoms with Crippen molar-refractivity contribution in [3.63, 3.8) is 0 Å². The van der Waals surface area contributed by atoms with Crippen molar-refractivity contribution in [3.05, 3.63) is 59.2 Å². The molecule has 0 aliphatic heterocycles. The van der Waals surface area contributed by atoms with Crippen LogP contribution in [0.25, 0.3) is 0 Å². The number of benzene rings is 1. The summed E-state index contributed by atoms with van der Waals surface area (Å²) in [6, 6.07) is 8.04. The Hall–Kier alpha value is -3.48. The Morgan fingerprint density at radius 2 is 1.65 bits per heavy atom. The van der Waals surface area contributed by atoms with E-state index in [0.29, 0.717) is 17.1 Å². The molecule has 1 amide bonds. The zero-order valence-electron chi connectivity index (χ0n) is 18.8. The molecule has 0 radical (unpaired) electrons. The Morgan fingerprint density at radius 3 is 2.18 bits per heavy atom. The van der Waals surface area contributed by atoms with Crippen molar-refractivity contribution in [2.45, 2.75) is 45.3 Å². The molecule has 0 saturated heterocycles. The number of aryl methyl sites for hydroxylation is 3. The maximum atomic E-state index is 12.8. The van der Waals surface area contributed by atoms with Gasteiger partial charge in [0.2, 0.25) is 11.9 Å². The molecule has 3 rings (SSSR count). The number of nitrogens with zero attached hydrogens (tertiary/aromatic N) is 4. The van der Waals surface area contributed by atoms with Crippen molar-refractivity contribution in [3.8, 4) is 0 Å². The summed E-state index contributed by atoms with van der Waals surface area (Å²) in [6.07, 6.45) is -4.57. The third-order valence-electron chi connectivity index (χ3n) is 4.81. The second-order valence-electron chi connectivity index (χ2n) is 7.85. The summed E-state index contributed by atoms with van der Waals surface area (Å²) in [5.74, 6) is -1.21. The van der Waals surface area contributed by atoms with Crippen LogP contribution in [-0.4, -0.2) is 34.1 Å². The number of alkyl halides is 3.